The Balaban J connectivity index is 1.89. The molecule has 0 bridgehead atoms. The Labute approximate surface area is 114 Å². The van der Waals surface area contributed by atoms with E-state index >= 15 is 0 Å². The molecule has 4 nitrogen and oxygen atoms in total. The molecule has 1 aromatic carbocycles. The second-order valence-corrected chi connectivity index (χ2v) is 4.67. The molecule has 0 radical (unpaired) electrons. The fourth-order valence-electron chi connectivity index (χ4n) is 2.17. The first kappa shape index (κ1) is 13.6. The topological polar surface area (TPSA) is 39.1 Å². The van der Waals surface area contributed by atoms with Gasteiger partial charge in [0.25, 0.3) is 0 Å². The second kappa shape index (κ2) is 6.38. The van der Waals surface area contributed by atoms with E-state index in [-0.39, 0.29) is 6.04 Å². The lowest BCUT2D eigenvalue weighted by Gasteiger charge is -2.17. The van der Waals surface area contributed by atoms with Crippen molar-refractivity contribution in [2.75, 3.05) is 13.7 Å². The summed E-state index contributed by atoms with van der Waals surface area (Å²) in [6.07, 6.45) is 2.73. The highest BCUT2D eigenvalue weighted by Gasteiger charge is 2.12. The van der Waals surface area contributed by atoms with Crippen LogP contribution in [0.2, 0.25) is 0 Å². The predicted octanol–water partition coefficient (Wildman–Crippen LogP) is 2.46. The summed E-state index contributed by atoms with van der Waals surface area (Å²) < 4.78 is 7.68. The lowest BCUT2D eigenvalue weighted by atomic mass is 10.1. The molecule has 1 N–H and O–H groups in total. The van der Waals surface area contributed by atoms with Crippen LogP contribution in [-0.4, -0.2) is 23.4 Å². The largest absolute Gasteiger partial charge is 0.494 e. The third kappa shape index (κ3) is 3.58. The number of aromatic nitrogens is 2. The third-order valence-corrected chi connectivity index (χ3v) is 3.23. The monoisotopic (exact) mass is 259 g/mol. The van der Waals surface area contributed by atoms with Crippen molar-refractivity contribution >= 4 is 0 Å². The maximum atomic E-state index is 5.79. The first-order chi connectivity index (χ1) is 9.20. The minimum Gasteiger partial charge on any atom is -0.494 e. The van der Waals surface area contributed by atoms with E-state index < -0.39 is 0 Å². The van der Waals surface area contributed by atoms with Crippen LogP contribution in [0.5, 0.6) is 5.75 Å². The normalized spacial score (nSPS) is 12.4. The molecule has 19 heavy (non-hydrogen) atoms. The molecule has 4 heteroatoms. The number of aryl methyl sites for hydroxylation is 2. The minimum atomic E-state index is 0.261. The lowest BCUT2D eigenvalue weighted by molar-refractivity contribution is 0.287. The van der Waals surface area contributed by atoms with E-state index in [1.54, 1.807) is 0 Å². The summed E-state index contributed by atoms with van der Waals surface area (Å²) in [5, 5.41) is 7.50. The van der Waals surface area contributed by atoms with Crippen molar-refractivity contribution < 1.29 is 4.74 Å². The van der Waals surface area contributed by atoms with Gasteiger partial charge in [-0.1, -0.05) is 12.1 Å². The molecule has 1 aromatic heterocycles. The molecule has 102 valence electrons. The van der Waals surface area contributed by atoms with Crippen molar-refractivity contribution in [2.45, 2.75) is 19.4 Å². The summed E-state index contributed by atoms with van der Waals surface area (Å²) >= 11 is 0. The smallest absolute Gasteiger partial charge is 0.119 e. The highest BCUT2D eigenvalue weighted by atomic mass is 16.5. The van der Waals surface area contributed by atoms with Crippen LogP contribution in [0.1, 0.15) is 23.7 Å². The van der Waals surface area contributed by atoms with Gasteiger partial charge in [-0.2, -0.15) is 5.10 Å². The van der Waals surface area contributed by atoms with E-state index in [1.165, 1.54) is 11.3 Å². The molecule has 2 rings (SSSR count). The average Bonchev–Trinajstić information content (AvgIpc) is 2.81. The first-order valence-corrected chi connectivity index (χ1v) is 6.55. The summed E-state index contributed by atoms with van der Waals surface area (Å²) in [6.45, 7) is 2.75. The van der Waals surface area contributed by atoms with Crippen LogP contribution in [0.4, 0.5) is 0 Å². The number of nitrogens with zero attached hydrogens (tertiary/aromatic N) is 2. The Bertz CT molecular complexity index is 522. The molecule has 0 aliphatic heterocycles. The van der Waals surface area contributed by atoms with Crippen LogP contribution in [-0.2, 0) is 7.05 Å². The van der Waals surface area contributed by atoms with Crippen LogP contribution in [0.15, 0.2) is 36.5 Å². The van der Waals surface area contributed by atoms with Crippen LogP contribution < -0.4 is 10.1 Å². The Morgan fingerprint density at radius 2 is 2.21 bits per heavy atom. The standard InChI is InChI=1S/C15H21N3O/c1-12-5-4-6-13(11-12)19-10-8-14(16-2)15-7-9-17-18(15)3/h4-7,9,11,14,16H,8,10H2,1-3H3. The van der Waals surface area contributed by atoms with Gasteiger partial charge in [0.05, 0.1) is 18.3 Å². The Hall–Kier alpha value is -1.81. The van der Waals surface area contributed by atoms with E-state index in [4.69, 9.17) is 4.74 Å². The molecule has 0 amide bonds. The molecule has 2 aromatic rings. The number of hydrogen-bond donors (Lipinski definition) is 1. The van der Waals surface area contributed by atoms with Gasteiger partial charge in [-0.05, 0) is 37.7 Å². The van der Waals surface area contributed by atoms with E-state index in [9.17, 15) is 0 Å². The zero-order valence-corrected chi connectivity index (χ0v) is 11.8. The molecule has 0 aliphatic carbocycles. The number of ether oxygens (including phenoxy) is 1. The number of rotatable bonds is 6. The van der Waals surface area contributed by atoms with Gasteiger partial charge >= 0.3 is 0 Å². The van der Waals surface area contributed by atoms with Gasteiger partial charge in [-0.15, -0.1) is 0 Å². The molecule has 1 unspecified atom stereocenters. The van der Waals surface area contributed by atoms with Crippen molar-refractivity contribution in [3.05, 3.63) is 47.8 Å². The van der Waals surface area contributed by atoms with E-state index in [1.807, 2.05) is 43.2 Å². The van der Waals surface area contributed by atoms with E-state index in [2.05, 4.69) is 29.5 Å². The molecule has 0 fully saturated rings. The summed E-state index contributed by atoms with van der Waals surface area (Å²) in [6, 6.07) is 10.4. The number of nitrogens with one attached hydrogen (secondary N) is 1. The Kier molecular flexibility index (Phi) is 4.58. The first-order valence-electron chi connectivity index (χ1n) is 6.55. The van der Waals surface area contributed by atoms with Crippen molar-refractivity contribution in [2.24, 2.45) is 7.05 Å². The minimum absolute atomic E-state index is 0.261. The third-order valence-electron chi connectivity index (χ3n) is 3.23. The average molecular weight is 259 g/mol. The fourth-order valence-corrected chi connectivity index (χ4v) is 2.17. The molecule has 0 saturated heterocycles. The van der Waals surface area contributed by atoms with Crippen molar-refractivity contribution in [3.8, 4) is 5.75 Å². The quantitative estimate of drug-likeness (QED) is 0.866. The number of benzene rings is 1. The molecular weight excluding hydrogens is 238 g/mol. The SMILES string of the molecule is CNC(CCOc1cccc(C)c1)c1ccnn1C. The van der Waals surface area contributed by atoms with Gasteiger partial charge < -0.3 is 10.1 Å². The molecule has 1 heterocycles. The van der Waals surface area contributed by atoms with Gasteiger partial charge in [0, 0.05) is 19.7 Å². The summed E-state index contributed by atoms with van der Waals surface area (Å²) in [5.41, 5.74) is 2.39. The highest BCUT2D eigenvalue weighted by Crippen LogP contribution is 2.17. The van der Waals surface area contributed by atoms with Crippen molar-refractivity contribution in [1.29, 1.82) is 0 Å². The predicted molar refractivity (Wildman–Crippen MR) is 76.3 cm³/mol. The molecule has 0 spiro atoms. The van der Waals surface area contributed by atoms with Gasteiger partial charge in [0.15, 0.2) is 0 Å². The second-order valence-electron chi connectivity index (χ2n) is 4.67. The molecule has 0 aliphatic rings. The molecule has 0 saturated carbocycles. The maximum Gasteiger partial charge on any atom is 0.119 e. The van der Waals surface area contributed by atoms with E-state index in [0.717, 1.165) is 12.2 Å². The lowest BCUT2D eigenvalue weighted by Crippen LogP contribution is -2.21. The summed E-state index contributed by atoms with van der Waals surface area (Å²) in [5.74, 6) is 0.930. The summed E-state index contributed by atoms with van der Waals surface area (Å²) in [7, 11) is 3.92. The Morgan fingerprint density at radius 3 is 2.84 bits per heavy atom. The summed E-state index contributed by atoms with van der Waals surface area (Å²) in [4.78, 5) is 0. The molecular formula is C15H21N3O. The highest BCUT2D eigenvalue weighted by molar-refractivity contribution is 5.27. The zero-order chi connectivity index (χ0) is 13.7. The van der Waals surface area contributed by atoms with Gasteiger partial charge in [0.2, 0.25) is 0 Å². The number of hydrogen-bond acceptors (Lipinski definition) is 3. The van der Waals surface area contributed by atoms with Crippen LogP contribution in [0, 0.1) is 6.92 Å². The van der Waals surface area contributed by atoms with Crippen molar-refractivity contribution in [3.63, 3.8) is 0 Å². The van der Waals surface area contributed by atoms with Crippen LogP contribution in [0.3, 0.4) is 0 Å². The van der Waals surface area contributed by atoms with Crippen LogP contribution in [0.25, 0.3) is 0 Å². The Morgan fingerprint density at radius 1 is 1.37 bits per heavy atom. The van der Waals surface area contributed by atoms with Crippen LogP contribution >= 0.6 is 0 Å². The van der Waals surface area contributed by atoms with Gasteiger partial charge in [0.1, 0.15) is 5.75 Å². The van der Waals surface area contributed by atoms with E-state index in [0.29, 0.717) is 6.61 Å². The molecule has 1 atom stereocenters. The van der Waals surface area contributed by atoms with Gasteiger partial charge in [-0.25, -0.2) is 0 Å². The van der Waals surface area contributed by atoms with Gasteiger partial charge in [-0.3, -0.25) is 4.68 Å². The maximum absolute atomic E-state index is 5.79. The fraction of sp³-hybridized carbons (Fsp3) is 0.400. The van der Waals surface area contributed by atoms with Crippen molar-refractivity contribution in [1.82, 2.24) is 15.1 Å². The zero-order valence-electron chi connectivity index (χ0n) is 11.8.